The average molecular weight is 214 g/mol. The van der Waals surface area contributed by atoms with E-state index >= 15 is 0 Å². The number of anilines is 1. The van der Waals surface area contributed by atoms with Crippen LogP contribution in [0.2, 0.25) is 0 Å². The zero-order valence-electron chi connectivity index (χ0n) is 8.28. The van der Waals surface area contributed by atoms with E-state index in [-0.39, 0.29) is 10.8 Å². The fraction of sp³-hybridized carbons (Fsp3) is 0.556. The molecule has 0 aromatic carbocycles. The number of nitrogens with zero attached hydrogens (tertiary/aromatic N) is 1. The van der Waals surface area contributed by atoms with Crippen molar-refractivity contribution in [3.05, 3.63) is 10.6 Å². The number of rotatable bonds is 4. The maximum Gasteiger partial charge on any atom is 0.347 e. The zero-order chi connectivity index (χ0) is 10.7. The second-order valence-corrected chi connectivity index (χ2v) is 4.12. The lowest BCUT2D eigenvalue weighted by atomic mass is 9.98. The van der Waals surface area contributed by atoms with Gasteiger partial charge < -0.3 is 10.8 Å². The Morgan fingerprint density at radius 2 is 2.14 bits per heavy atom. The second-order valence-electron chi connectivity index (χ2n) is 3.09. The number of carboxylic acid groups (broad SMARTS) is 1. The molecule has 0 saturated heterocycles. The van der Waals surface area contributed by atoms with Gasteiger partial charge in [-0.15, -0.1) is 0 Å². The van der Waals surface area contributed by atoms with Crippen LogP contribution in [0.25, 0.3) is 0 Å². The Labute approximate surface area is 86.8 Å². The van der Waals surface area contributed by atoms with Crippen molar-refractivity contribution < 1.29 is 9.90 Å². The molecule has 3 N–H and O–H groups in total. The van der Waals surface area contributed by atoms with Crippen LogP contribution in [0, 0.1) is 0 Å². The third-order valence-corrected chi connectivity index (χ3v) is 3.12. The number of thiazole rings is 1. The minimum absolute atomic E-state index is 0.203. The molecule has 1 aromatic rings. The number of carboxylic acids is 1. The van der Waals surface area contributed by atoms with E-state index in [1.54, 1.807) is 0 Å². The van der Waals surface area contributed by atoms with E-state index in [0.29, 0.717) is 10.8 Å². The Bertz CT molecular complexity index is 332. The highest BCUT2D eigenvalue weighted by atomic mass is 32.1. The quantitative estimate of drug-likeness (QED) is 0.806. The Balaban J connectivity index is 3.11. The van der Waals surface area contributed by atoms with Gasteiger partial charge >= 0.3 is 5.97 Å². The molecule has 1 rings (SSSR count). The molecule has 1 aromatic heterocycles. The van der Waals surface area contributed by atoms with E-state index in [1.807, 2.05) is 13.8 Å². The van der Waals surface area contributed by atoms with E-state index in [1.165, 1.54) is 0 Å². The molecule has 0 saturated carbocycles. The normalized spacial score (nSPS) is 10.8. The van der Waals surface area contributed by atoms with Gasteiger partial charge in [0.15, 0.2) is 5.13 Å². The van der Waals surface area contributed by atoms with Crippen LogP contribution in [-0.2, 0) is 0 Å². The van der Waals surface area contributed by atoms with Gasteiger partial charge in [0.25, 0.3) is 0 Å². The van der Waals surface area contributed by atoms with Crippen molar-refractivity contribution in [2.45, 2.75) is 32.6 Å². The first-order valence-electron chi connectivity index (χ1n) is 4.59. The van der Waals surface area contributed by atoms with Crippen LogP contribution in [0.3, 0.4) is 0 Å². The maximum atomic E-state index is 10.9. The Hall–Kier alpha value is -1.10. The van der Waals surface area contributed by atoms with Crippen molar-refractivity contribution in [1.82, 2.24) is 4.98 Å². The minimum atomic E-state index is -0.930. The van der Waals surface area contributed by atoms with Gasteiger partial charge in [0.05, 0.1) is 5.69 Å². The smallest absolute Gasteiger partial charge is 0.347 e. The summed E-state index contributed by atoms with van der Waals surface area (Å²) in [5, 5.41) is 9.27. The highest BCUT2D eigenvalue weighted by molar-refractivity contribution is 7.17. The van der Waals surface area contributed by atoms with Gasteiger partial charge in [-0.3, -0.25) is 0 Å². The van der Waals surface area contributed by atoms with Gasteiger partial charge in [0.1, 0.15) is 4.88 Å². The molecule has 0 radical (unpaired) electrons. The number of nitrogen functional groups attached to an aromatic ring is 1. The van der Waals surface area contributed by atoms with Crippen LogP contribution in [0.1, 0.15) is 48.0 Å². The predicted molar refractivity (Wildman–Crippen MR) is 56.8 cm³/mol. The second kappa shape index (κ2) is 4.41. The third-order valence-electron chi connectivity index (χ3n) is 2.24. The molecule has 4 nitrogen and oxygen atoms in total. The monoisotopic (exact) mass is 214 g/mol. The van der Waals surface area contributed by atoms with E-state index in [4.69, 9.17) is 10.8 Å². The van der Waals surface area contributed by atoms with E-state index in [9.17, 15) is 4.79 Å². The molecule has 1 heterocycles. The summed E-state index contributed by atoms with van der Waals surface area (Å²) >= 11 is 1.05. The van der Waals surface area contributed by atoms with Crippen LogP contribution in [0.5, 0.6) is 0 Å². The van der Waals surface area contributed by atoms with Gasteiger partial charge in [0.2, 0.25) is 0 Å². The maximum absolute atomic E-state index is 10.9. The first kappa shape index (κ1) is 11.0. The summed E-state index contributed by atoms with van der Waals surface area (Å²) in [5.74, 6) is -0.726. The minimum Gasteiger partial charge on any atom is -0.477 e. The highest BCUT2D eigenvalue weighted by Gasteiger charge is 2.21. The summed E-state index contributed by atoms with van der Waals surface area (Å²) in [4.78, 5) is 15.3. The Kier molecular flexibility index (Phi) is 3.46. The molecule has 0 bridgehead atoms. The van der Waals surface area contributed by atoms with E-state index < -0.39 is 5.97 Å². The molecule has 0 spiro atoms. The van der Waals surface area contributed by atoms with Gasteiger partial charge in [-0.05, 0) is 12.8 Å². The van der Waals surface area contributed by atoms with Crippen LogP contribution in [-0.4, -0.2) is 16.1 Å². The van der Waals surface area contributed by atoms with Crippen molar-refractivity contribution in [1.29, 1.82) is 0 Å². The molecule has 0 atom stereocenters. The molecule has 78 valence electrons. The fourth-order valence-electron chi connectivity index (χ4n) is 1.45. The van der Waals surface area contributed by atoms with Crippen molar-refractivity contribution in [3.8, 4) is 0 Å². The van der Waals surface area contributed by atoms with Crippen LogP contribution < -0.4 is 5.73 Å². The molecular weight excluding hydrogens is 200 g/mol. The summed E-state index contributed by atoms with van der Waals surface area (Å²) in [5.41, 5.74) is 6.15. The predicted octanol–water partition coefficient (Wildman–Crippen LogP) is 2.33. The molecule has 0 amide bonds. The molecule has 5 heteroatoms. The zero-order valence-corrected chi connectivity index (χ0v) is 9.10. The molecule has 0 fully saturated rings. The summed E-state index contributed by atoms with van der Waals surface area (Å²) in [6, 6.07) is 0. The van der Waals surface area contributed by atoms with Gasteiger partial charge in [-0.2, -0.15) is 0 Å². The Morgan fingerprint density at radius 1 is 1.57 bits per heavy atom. The number of carbonyl (C=O) groups is 1. The number of aromatic nitrogens is 1. The molecule has 0 aliphatic carbocycles. The lowest BCUT2D eigenvalue weighted by Crippen LogP contribution is -2.04. The van der Waals surface area contributed by atoms with E-state index in [2.05, 4.69) is 4.98 Å². The van der Waals surface area contributed by atoms with Crippen molar-refractivity contribution in [2.24, 2.45) is 0 Å². The van der Waals surface area contributed by atoms with Gasteiger partial charge in [0, 0.05) is 5.92 Å². The SMILES string of the molecule is CCC(CC)c1nc(N)sc1C(=O)O. The summed E-state index contributed by atoms with van der Waals surface area (Å²) < 4.78 is 0. The van der Waals surface area contributed by atoms with Crippen molar-refractivity contribution in [3.63, 3.8) is 0 Å². The Morgan fingerprint density at radius 3 is 2.57 bits per heavy atom. The lowest BCUT2D eigenvalue weighted by molar-refractivity contribution is 0.0700. The number of hydrogen-bond donors (Lipinski definition) is 2. The van der Waals surface area contributed by atoms with Crippen LogP contribution >= 0.6 is 11.3 Å². The number of hydrogen-bond acceptors (Lipinski definition) is 4. The van der Waals surface area contributed by atoms with Crippen molar-refractivity contribution in [2.75, 3.05) is 5.73 Å². The molecule has 0 unspecified atom stereocenters. The van der Waals surface area contributed by atoms with Crippen LogP contribution in [0.4, 0.5) is 5.13 Å². The molecule has 0 aliphatic rings. The number of nitrogens with two attached hydrogens (primary N) is 1. The topological polar surface area (TPSA) is 76.2 Å². The summed E-state index contributed by atoms with van der Waals surface area (Å²) in [6.45, 7) is 4.05. The van der Waals surface area contributed by atoms with Gasteiger partial charge in [-0.25, -0.2) is 9.78 Å². The first-order valence-corrected chi connectivity index (χ1v) is 5.41. The van der Waals surface area contributed by atoms with Gasteiger partial charge in [-0.1, -0.05) is 25.2 Å². The summed E-state index contributed by atoms with van der Waals surface area (Å²) in [7, 11) is 0. The third kappa shape index (κ3) is 2.04. The molecule has 0 aliphatic heterocycles. The number of aromatic carboxylic acids is 1. The summed E-state index contributed by atoms with van der Waals surface area (Å²) in [6.07, 6.45) is 1.78. The standard InChI is InChI=1S/C9H14N2O2S/c1-3-5(4-2)6-7(8(12)13)14-9(10)11-6/h5H,3-4H2,1-2H3,(H2,10,11)(H,12,13). The van der Waals surface area contributed by atoms with E-state index in [0.717, 1.165) is 24.2 Å². The molecule has 14 heavy (non-hydrogen) atoms. The largest absolute Gasteiger partial charge is 0.477 e. The highest BCUT2D eigenvalue weighted by Crippen LogP contribution is 2.30. The average Bonchev–Trinajstić information content (AvgIpc) is 2.50. The fourth-order valence-corrected chi connectivity index (χ4v) is 2.21. The molecular formula is C9H14N2O2S. The van der Waals surface area contributed by atoms with Crippen molar-refractivity contribution >= 4 is 22.4 Å². The first-order chi connectivity index (χ1) is 6.60. The lowest BCUT2D eigenvalue weighted by Gasteiger charge is -2.09. The van der Waals surface area contributed by atoms with Crippen LogP contribution in [0.15, 0.2) is 0 Å².